The number of rotatable bonds is 4. The van der Waals surface area contributed by atoms with E-state index in [-0.39, 0.29) is 0 Å². The molecule has 0 unspecified atom stereocenters. The van der Waals surface area contributed by atoms with Crippen molar-refractivity contribution < 1.29 is 0 Å². The van der Waals surface area contributed by atoms with E-state index in [0.29, 0.717) is 12.4 Å². The van der Waals surface area contributed by atoms with Gasteiger partial charge in [-0.05, 0) is 73.4 Å². The second kappa shape index (κ2) is 8.39. The maximum absolute atomic E-state index is 6.54. The van der Waals surface area contributed by atoms with Gasteiger partial charge < -0.3 is 16.0 Å². The number of aromatic nitrogens is 3. The van der Waals surface area contributed by atoms with E-state index in [0.717, 1.165) is 34.0 Å². The molecule has 0 aliphatic carbocycles. The zero-order valence-corrected chi connectivity index (χ0v) is 19.0. The molecule has 0 spiro atoms. The molecule has 0 bridgehead atoms. The molecule has 33 heavy (non-hydrogen) atoms. The molecular weight excluding hydrogens is 408 g/mol. The summed E-state index contributed by atoms with van der Waals surface area (Å²) in [6.45, 7) is 6.83. The van der Waals surface area contributed by atoms with Gasteiger partial charge in [-0.3, -0.25) is 15.0 Å². The molecule has 0 radical (unpaired) electrons. The third kappa shape index (κ3) is 4.03. The first-order valence-corrected chi connectivity index (χ1v) is 10.9. The largest absolute Gasteiger partial charge is 0.383 e. The molecule has 0 atom stereocenters. The summed E-state index contributed by atoms with van der Waals surface area (Å²) in [6.07, 6.45) is 7.30. The van der Waals surface area contributed by atoms with Crippen molar-refractivity contribution in [2.45, 2.75) is 27.3 Å². The zero-order valence-electron chi connectivity index (χ0n) is 19.0. The first-order valence-electron chi connectivity index (χ1n) is 10.9. The summed E-state index contributed by atoms with van der Waals surface area (Å²) in [5.41, 5.74) is 17.2. The molecule has 3 aromatic heterocycles. The van der Waals surface area contributed by atoms with Crippen molar-refractivity contribution in [3.63, 3.8) is 0 Å². The third-order valence-corrected chi connectivity index (χ3v) is 5.89. The average Bonchev–Trinajstić information content (AvgIpc) is 2.79. The van der Waals surface area contributed by atoms with Crippen LogP contribution in [-0.4, -0.2) is 15.0 Å². The maximum atomic E-state index is 6.54. The minimum absolute atomic E-state index is 0.599. The summed E-state index contributed by atoms with van der Waals surface area (Å²) in [7, 11) is 0. The molecular formula is C27H26N6. The number of anilines is 2. The van der Waals surface area contributed by atoms with Crippen LogP contribution >= 0.6 is 0 Å². The lowest BCUT2D eigenvalue weighted by molar-refractivity contribution is 0.953. The number of nitrogens with two attached hydrogens (primary N) is 1. The van der Waals surface area contributed by atoms with E-state index >= 15 is 0 Å². The Labute approximate surface area is 193 Å². The standard InChI is InChI=1S/C27H26N6/c1-17-12-20(4-5-23(17)21-6-10-30-18(2)13-21)16-33-25-8-9-29-15-24(25)32-27(28)26(33)22-7-11-31-19(3)14-22/h4-15,32H,16,28H2,1-3H3. The number of pyridine rings is 3. The quantitative estimate of drug-likeness (QED) is 0.461. The molecule has 3 N–H and O–H groups in total. The highest BCUT2D eigenvalue weighted by Gasteiger charge is 2.26. The molecule has 0 saturated heterocycles. The SMILES string of the molecule is Cc1cc(C2=C(N)Nc3cnccc3N2Cc2ccc(-c3ccnc(C)c3)c(C)c2)ccn1. The van der Waals surface area contributed by atoms with Crippen LogP contribution < -0.4 is 16.0 Å². The number of nitrogens with one attached hydrogen (secondary N) is 1. The van der Waals surface area contributed by atoms with Gasteiger partial charge in [0.05, 0.1) is 23.3 Å². The molecule has 6 heteroatoms. The fourth-order valence-electron chi connectivity index (χ4n) is 4.40. The van der Waals surface area contributed by atoms with Crippen LogP contribution in [0, 0.1) is 20.8 Å². The van der Waals surface area contributed by atoms with Gasteiger partial charge in [-0.1, -0.05) is 18.2 Å². The fraction of sp³-hybridized carbons (Fsp3) is 0.148. The predicted molar refractivity (Wildman–Crippen MR) is 133 cm³/mol. The van der Waals surface area contributed by atoms with Crippen molar-refractivity contribution in [2.24, 2.45) is 5.73 Å². The lowest BCUT2D eigenvalue weighted by Gasteiger charge is -2.35. The highest BCUT2D eigenvalue weighted by Crippen LogP contribution is 2.39. The molecule has 4 aromatic rings. The lowest BCUT2D eigenvalue weighted by Crippen LogP contribution is -2.31. The summed E-state index contributed by atoms with van der Waals surface area (Å²) in [6, 6.07) is 16.9. The molecule has 0 amide bonds. The van der Waals surface area contributed by atoms with Gasteiger partial charge in [0.15, 0.2) is 0 Å². The van der Waals surface area contributed by atoms with E-state index in [9.17, 15) is 0 Å². The first-order chi connectivity index (χ1) is 16.0. The van der Waals surface area contributed by atoms with Crippen LogP contribution in [0.5, 0.6) is 0 Å². The number of benzene rings is 1. The normalized spacial score (nSPS) is 13.0. The van der Waals surface area contributed by atoms with Crippen molar-refractivity contribution in [1.82, 2.24) is 15.0 Å². The van der Waals surface area contributed by atoms with Gasteiger partial charge in [-0.15, -0.1) is 0 Å². The predicted octanol–water partition coefficient (Wildman–Crippen LogP) is 5.18. The summed E-state index contributed by atoms with van der Waals surface area (Å²) in [5.74, 6) is 0.599. The van der Waals surface area contributed by atoms with E-state index in [1.165, 1.54) is 22.3 Å². The van der Waals surface area contributed by atoms with E-state index in [1.54, 1.807) is 0 Å². The monoisotopic (exact) mass is 434 g/mol. The molecule has 1 aliphatic heterocycles. The van der Waals surface area contributed by atoms with Gasteiger partial charge >= 0.3 is 0 Å². The van der Waals surface area contributed by atoms with Crippen molar-refractivity contribution in [2.75, 3.05) is 10.2 Å². The Morgan fingerprint density at radius 2 is 1.58 bits per heavy atom. The molecule has 4 heterocycles. The molecule has 6 nitrogen and oxygen atoms in total. The van der Waals surface area contributed by atoms with Crippen LogP contribution in [-0.2, 0) is 6.54 Å². The van der Waals surface area contributed by atoms with Crippen molar-refractivity contribution in [3.05, 3.63) is 107 Å². The molecule has 0 saturated carbocycles. The van der Waals surface area contributed by atoms with Gasteiger partial charge in [-0.25, -0.2) is 0 Å². The maximum Gasteiger partial charge on any atom is 0.126 e. The summed E-state index contributed by atoms with van der Waals surface area (Å²) < 4.78 is 0. The molecule has 1 aromatic carbocycles. The number of hydrogen-bond donors (Lipinski definition) is 2. The minimum atomic E-state index is 0.599. The Bertz CT molecular complexity index is 1370. The second-order valence-electron chi connectivity index (χ2n) is 8.39. The Balaban J connectivity index is 1.56. The van der Waals surface area contributed by atoms with Crippen LogP contribution in [0.1, 0.15) is 28.1 Å². The van der Waals surface area contributed by atoms with E-state index in [1.807, 2.05) is 50.8 Å². The van der Waals surface area contributed by atoms with Crippen molar-refractivity contribution >= 4 is 17.1 Å². The molecule has 1 aliphatic rings. The van der Waals surface area contributed by atoms with E-state index < -0.39 is 0 Å². The van der Waals surface area contributed by atoms with Crippen LogP contribution in [0.4, 0.5) is 11.4 Å². The van der Waals surface area contributed by atoms with Crippen molar-refractivity contribution in [3.8, 4) is 11.1 Å². The van der Waals surface area contributed by atoms with E-state index in [2.05, 4.69) is 68.5 Å². The Kier molecular flexibility index (Phi) is 5.26. The summed E-state index contributed by atoms with van der Waals surface area (Å²) in [5, 5.41) is 3.32. The van der Waals surface area contributed by atoms with Gasteiger partial charge in [0.1, 0.15) is 5.82 Å². The first kappa shape index (κ1) is 20.7. The fourth-order valence-corrected chi connectivity index (χ4v) is 4.40. The smallest absolute Gasteiger partial charge is 0.126 e. The van der Waals surface area contributed by atoms with Gasteiger partial charge in [0, 0.05) is 42.1 Å². The highest BCUT2D eigenvalue weighted by atomic mass is 15.2. The zero-order chi connectivity index (χ0) is 22.9. The van der Waals surface area contributed by atoms with Gasteiger partial charge in [0.2, 0.25) is 0 Å². The highest BCUT2D eigenvalue weighted by molar-refractivity contribution is 5.91. The van der Waals surface area contributed by atoms with Gasteiger partial charge in [-0.2, -0.15) is 0 Å². The van der Waals surface area contributed by atoms with Crippen molar-refractivity contribution in [1.29, 1.82) is 0 Å². The molecule has 0 fully saturated rings. The number of fused-ring (bicyclic) bond motifs is 1. The van der Waals surface area contributed by atoms with E-state index in [4.69, 9.17) is 5.73 Å². The Morgan fingerprint density at radius 1 is 0.848 bits per heavy atom. The Morgan fingerprint density at radius 3 is 2.30 bits per heavy atom. The summed E-state index contributed by atoms with van der Waals surface area (Å²) in [4.78, 5) is 15.2. The number of aryl methyl sites for hydroxylation is 3. The minimum Gasteiger partial charge on any atom is -0.383 e. The number of nitrogens with zero attached hydrogens (tertiary/aromatic N) is 4. The topological polar surface area (TPSA) is 80.0 Å². The average molecular weight is 435 g/mol. The van der Waals surface area contributed by atoms with Crippen LogP contribution in [0.3, 0.4) is 0 Å². The van der Waals surface area contributed by atoms with Crippen LogP contribution in [0.25, 0.3) is 16.8 Å². The number of hydrogen-bond acceptors (Lipinski definition) is 6. The molecule has 164 valence electrons. The Hall–Kier alpha value is -4.19. The second-order valence-corrected chi connectivity index (χ2v) is 8.39. The lowest BCUT2D eigenvalue weighted by atomic mass is 9.98. The van der Waals surface area contributed by atoms with Crippen LogP contribution in [0.2, 0.25) is 0 Å². The summed E-state index contributed by atoms with van der Waals surface area (Å²) >= 11 is 0. The van der Waals surface area contributed by atoms with Gasteiger partial charge in [0.25, 0.3) is 0 Å². The van der Waals surface area contributed by atoms with Crippen LogP contribution in [0.15, 0.2) is 79.1 Å². The molecule has 5 rings (SSSR count). The third-order valence-electron chi connectivity index (χ3n) is 5.89.